The van der Waals surface area contributed by atoms with Crippen molar-refractivity contribution in [1.82, 2.24) is 5.32 Å². The second-order valence-corrected chi connectivity index (χ2v) is 13.3. The lowest BCUT2D eigenvalue weighted by Gasteiger charge is -2.42. The van der Waals surface area contributed by atoms with E-state index >= 15 is 4.39 Å². The number of carbonyl (C=O) groups excluding carboxylic acids is 2. The summed E-state index contributed by atoms with van der Waals surface area (Å²) in [6.07, 6.45) is 1.15. The highest BCUT2D eigenvalue weighted by atomic mass is 35.5. The zero-order chi connectivity index (χ0) is 32.0. The van der Waals surface area contributed by atoms with Gasteiger partial charge >= 0.3 is 5.97 Å². The minimum Gasteiger partial charge on any atom is -0.495 e. The summed E-state index contributed by atoms with van der Waals surface area (Å²) in [6, 6.07) is 13.7. The maximum Gasteiger partial charge on any atom is 0.338 e. The molecule has 7 nitrogen and oxygen atoms in total. The van der Waals surface area contributed by atoms with Crippen molar-refractivity contribution in [1.29, 1.82) is 5.26 Å². The lowest BCUT2D eigenvalue weighted by atomic mass is 9.57. The van der Waals surface area contributed by atoms with Gasteiger partial charge in [0.2, 0.25) is 5.91 Å². The molecule has 5 rings (SSSR count). The smallest absolute Gasteiger partial charge is 0.338 e. The Morgan fingerprint density at radius 3 is 2.57 bits per heavy atom. The molecule has 1 aliphatic heterocycles. The largest absolute Gasteiger partial charge is 0.495 e. The Balaban J connectivity index is 1.64. The van der Waals surface area contributed by atoms with Gasteiger partial charge in [0.25, 0.3) is 0 Å². The van der Waals surface area contributed by atoms with Gasteiger partial charge in [-0.3, -0.25) is 4.79 Å². The number of hydrogen-bond donors (Lipinski definition) is 2. The number of nitrogens with zero attached hydrogens (tertiary/aromatic N) is 1. The number of anilines is 1. The maximum absolute atomic E-state index is 16.1. The number of fused-ring (bicyclic) bond motifs is 6. The van der Waals surface area contributed by atoms with Crippen LogP contribution in [0.5, 0.6) is 5.75 Å². The van der Waals surface area contributed by atoms with Crippen LogP contribution in [-0.4, -0.2) is 37.7 Å². The molecule has 2 N–H and O–H groups in total. The highest BCUT2D eigenvalue weighted by Crippen LogP contribution is 2.60. The number of nitriles is 1. The number of rotatable bonds is 7. The van der Waals surface area contributed by atoms with Gasteiger partial charge in [-0.05, 0) is 65.8 Å². The van der Waals surface area contributed by atoms with Crippen LogP contribution in [0.25, 0.3) is 11.1 Å². The summed E-state index contributed by atoms with van der Waals surface area (Å²) < 4.78 is 26.9. The number of amides is 1. The summed E-state index contributed by atoms with van der Waals surface area (Å²) in [6.45, 7) is 8.29. The first-order valence-electron chi connectivity index (χ1n) is 14.5. The maximum atomic E-state index is 16.1. The molecule has 0 radical (unpaired) electrons. The van der Waals surface area contributed by atoms with E-state index < -0.39 is 41.1 Å². The topological polar surface area (TPSA) is 100 Å². The zero-order valence-corrected chi connectivity index (χ0v) is 26.7. The van der Waals surface area contributed by atoms with Gasteiger partial charge < -0.3 is 20.1 Å². The molecule has 0 saturated carbocycles. The monoisotopic (exact) mass is 637 g/mol. The van der Waals surface area contributed by atoms with Crippen LogP contribution >= 0.6 is 23.2 Å². The van der Waals surface area contributed by atoms with Crippen molar-refractivity contribution in [3.8, 4) is 22.9 Å². The first-order chi connectivity index (χ1) is 20.9. The predicted octanol–water partition coefficient (Wildman–Crippen LogP) is 7.65. The van der Waals surface area contributed by atoms with Crippen molar-refractivity contribution >= 4 is 40.8 Å². The number of methoxy groups -OCH3 is 1. The molecule has 0 unspecified atom stereocenters. The van der Waals surface area contributed by atoms with Crippen molar-refractivity contribution in [2.75, 3.05) is 19.0 Å². The van der Waals surface area contributed by atoms with Crippen molar-refractivity contribution in [2.24, 2.45) is 5.41 Å². The van der Waals surface area contributed by atoms with Gasteiger partial charge in [0.05, 0.1) is 37.1 Å². The summed E-state index contributed by atoms with van der Waals surface area (Å²) in [5.41, 5.74) is 0.690. The number of esters is 1. The number of ether oxygens (including phenoxy) is 2. The standard InChI is InChI=1S/C34H34Cl2FN3O4/c1-6-12-44-32(42)18-10-11-24(25(13-18)43-5)39-31(41)30-29-20-8-7-9-22(36)27(20)21-14-19(35)15-23(37)28(21)34(29,17-38)26(40-30)16-33(2,3)4/h7-11,13-15,26,29-30,40H,6,12,16H2,1-5H3,(H,39,41)/t26-,29-,30+,34+/m0/s1. The molecule has 0 aromatic heterocycles. The van der Waals surface area contributed by atoms with Crippen LogP contribution in [0, 0.1) is 22.6 Å². The average molecular weight is 639 g/mol. The molecule has 44 heavy (non-hydrogen) atoms. The molecule has 3 aromatic carbocycles. The molecule has 10 heteroatoms. The van der Waals surface area contributed by atoms with Crippen LogP contribution in [0.15, 0.2) is 48.5 Å². The number of hydrogen-bond acceptors (Lipinski definition) is 6. The second-order valence-electron chi connectivity index (χ2n) is 12.5. The lowest BCUT2D eigenvalue weighted by molar-refractivity contribution is -0.118. The molecule has 1 saturated heterocycles. The van der Waals surface area contributed by atoms with Gasteiger partial charge in [-0.15, -0.1) is 0 Å². The molecular weight excluding hydrogens is 604 g/mol. The van der Waals surface area contributed by atoms with E-state index in [2.05, 4.69) is 16.7 Å². The summed E-state index contributed by atoms with van der Waals surface area (Å²) in [5.74, 6) is -2.11. The third-order valence-corrected chi connectivity index (χ3v) is 8.82. The molecule has 2 aliphatic rings. The fourth-order valence-corrected chi connectivity index (χ4v) is 7.12. The molecule has 0 spiro atoms. The summed E-state index contributed by atoms with van der Waals surface area (Å²) in [4.78, 5) is 26.7. The Kier molecular flexibility index (Phi) is 8.69. The van der Waals surface area contributed by atoms with E-state index in [0.717, 1.165) is 0 Å². The second kappa shape index (κ2) is 12.0. The van der Waals surface area contributed by atoms with Gasteiger partial charge in [0.1, 0.15) is 17.0 Å². The van der Waals surface area contributed by atoms with Crippen LogP contribution in [0.2, 0.25) is 10.0 Å². The molecule has 3 aromatic rings. The van der Waals surface area contributed by atoms with E-state index in [0.29, 0.717) is 40.2 Å². The summed E-state index contributed by atoms with van der Waals surface area (Å²) in [7, 11) is 1.43. The van der Waals surface area contributed by atoms with Crippen LogP contribution in [0.4, 0.5) is 10.1 Å². The van der Waals surface area contributed by atoms with E-state index in [1.807, 2.05) is 33.8 Å². The third-order valence-electron chi connectivity index (χ3n) is 8.29. The lowest BCUT2D eigenvalue weighted by Crippen LogP contribution is -2.46. The number of nitrogens with one attached hydrogen (secondary N) is 2. The normalized spacial score (nSPS) is 21.8. The summed E-state index contributed by atoms with van der Waals surface area (Å²) >= 11 is 13.1. The molecule has 4 atom stereocenters. The highest BCUT2D eigenvalue weighted by Gasteiger charge is 2.63. The van der Waals surface area contributed by atoms with Crippen molar-refractivity contribution in [2.45, 2.75) is 64.0 Å². The first-order valence-corrected chi connectivity index (χ1v) is 15.2. The zero-order valence-electron chi connectivity index (χ0n) is 25.2. The van der Waals surface area contributed by atoms with E-state index in [4.69, 9.17) is 32.7 Å². The van der Waals surface area contributed by atoms with Crippen LogP contribution in [-0.2, 0) is 14.9 Å². The molecular formula is C34H34Cl2FN3O4. The van der Waals surface area contributed by atoms with Crippen LogP contribution < -0.4 is 15.4 Å². The molecule has 230 valence electrons. The first kappa shape index (κ1) is 31.8. The number of benzene rings is 3. The quantitative estimate of drug-likeness (QED) is 0.258. The van der Waals surface area contributed by atoms with Gasteiger partial charge in [-0.1, -0.05) is 63.0 Å². The molecule has 1 amide bonds. The fourth-order valence-electron chi connectivity index (χ4n) is 6.63. The minimum atomic E-state index is -1.46. The van der Waals surface area contributed by atoms with E-state index in [9.17, 15) is 14.9 Å². The highest BCUT2D eigenvalue weighted by molar-refractivity contribution is 6.34. The van der Waals surface area contributed by atoms with Gasteiger partial charge in [0, 0.05) is 33.1 Å². The molecule has 1 heterocycles. The van der Waals surface area contributed by atoms with Gasteiger partial charge in [0.15, 0.2) is 0 Å². The third kappa shape index (κ3) is 5.42. The van der Waals surface area contributed by atoms with Crippen molar-refractivity contribution in [3.05, 3.63) is 81.1 Å². The Labute approximate surface area is 266 Å². The Morgan fingerprint density at radius 2 is 1.91 bits per heavy atom. The molecule has 1 aliphatic carbocycles. The Morgan fingerprint density at radius 1 is 1.16 bits per heavy atom. The molecule has 0 bridgehead atoms. The van der Waals surface area contributed by atoms with Crippen molar-refractivity contribution < 1.29 is 23.5 Å². The van der Waals surface area contributed by atoms with Crippen molar-refractivity contribution in [3.63, 3.8) is 0 Å². The number of carbonyl (C=O) groups is 2. The van der Waals surface area contributed by atoms with E-state index in [1.165, 1.54) is 19.2 Å². The minimum absolute atomic E-state index is 0.180. The SMILES string of the molecule is CCCOC(=O)c1ccc(NC(=O)[C@@H]2N[C@@H](CC(C)(C)C)[C@]3(C#N)c4c(F)cc(Cl)cc4-c4c(Cl)cccc4[C@@H]23)c(OC)c1. The summed E-state index contributed by atoms with van der Waals surface area (Å²) in [5, 5.41) is 18.0. The average Bonchev–Trinajstić information content (AvgIpc) is 3.29. The molecule has 1 fully saturated rings. The Bertz CT molecular complexity index is 1680. The van der Waals surface area contributed by atoms with Crippen LogP contribution in [0.1, 0.15) is 67.9 Å². The van der Waals surface area contributed by atoms with E-state index in [1.54, 1.807) is 30.3 Å². The van der Waals surface area contributed by atoms with Gasteiger partial charge in [-0.2, -0.15) is 5.26 Å². The van der Waals surface area contributed by atoms with Crippen LogP contribution in [0.3, 0.4) is 0 Å². The van der Waals surface area contributed by atoms with E-state index in [-0.39, 0.29) is 33.9 Å². The fraction of sp³-hybridized carbons (Fsp3) is 0.382. The number of halogens is 3. The Hall–Kier alpha value is -3.64. The van der Waals surface area contributed by atoms with Gasteiger partial charge in [-0.25, -0.2) is 9.18 Å². The predicted molar refractivity (Wildman–Crippen MR) is 169 cm³/mol.